The van der Waals surface area contributed by atoms with Gasteiger partial charge < -0.3 is 14.5 Å². The van der Waals surface area contributed by atoms with Crippen molar-refractivity contribution in [1.82, 2.24) is 9.29 Å². The van der Waals surface area contributed by atoms with Gasteiger partial charge in [-0.05, 0) is 18.1 Å². The normalized spacial score (nSPS) is 16.8. The summed E-state index contributed by atoms with van der Waals surface area (Å²) in [6.45, 7) is 2.07. The molecule has 0 saturated heterocycles. The summed E-state index contributed by atoms with van der Waals surface area (Å²) >= 11 is 12.4. The number of H-pyrrole nitrogens is 1. The molecule has 1 aliphatic rings. The van der Waals surface area contributed by atoms with Crippen LogP contribution in [0.3, 0.4) is 0 Å². The third kappa shape index (κ3) is 3.89. The van der Waals surface area contributed by atoms with Gasteiger partial charge in [-0.25, -0.2) is 0 Å². The van der Waals surface area contributed by atoms with E-state index in [0.29, 0.717) is 59.4 Å². The Labute approximate surface area is 156 Å². The zero-order chi connectivity index (χ0) is 18.0. The van der Waals surface area contributed by atoms with Crippen LogP contribution in [0.25, 0.3) is 10.9 Å². The van der Waals surface area contributed by atoms with Crippen LogP contribution in [0.2, 0.25) is 10.0 Å². The number of halogens is 2. The highest BCUT2D eigenvalue weighted by Crippen LogP contribution is 2.40. The van der Waals surface area contributed by atoms with Gasteiger partial charge in [0.25, 0.3) is 0 Å². The number of hydrogen-bond donors (Lipinski definition) is 2. The maximum Gasteiger partial charge on any atom is 0.302 e. The molecule has 3 rings (SSSR count). The molecule has 1 aliphatic heterocycles. The number of nitrogens with zero attached hydrogens (tertiary/aromatic N) is 1. The second-order valence-corrected chi connectivity index (χ2v) is 8.16. The number of fused-ring (bicyclic) bond motifs is 3. The van der Waals surface area contributed by atoms with E-state index in [1.807, 2.05) is 0 Å². The minimum Gasteiger partial charge on any atom is -0.382 e. The fraction of sp³-hybridized carbons (Fsp3) is 0.467. The highest BCUT2D eigenvalue weighted by Gasteiger charge is 2.31. The first kappa shape index (κ1) is 18.8. The molecule has 0 saturated carbocycles. The number of benzene rings is 1. The van der Waals surface area contributed by atoms with Crippen molar-refractivity contribution in [2.45, 2.75) is 13.0 Å². The molecule has 0 radical (unpaired) electrons. The van der Waals surface area contributed by atoms with E-state index in [1.165, 1.54) is 4.31 Å². The Morgan fingerprint density at radius 2 is 2.04 bits per heavy atom. The summed E-state index contributed by atoms with van der Waals surface area (Å²) in [6.07, 6.45) is 2.18. The third-order valence-corrected chi connectivity index (χ3v) is 6.04. The highest BCUT2D eigenvalue weighted by atomic mass is 35.5. The van der Waals surface area contributed by atoms with Gasteiger partial charge in [-0.3, -0.25) is 4.72 Å². The lowest BCUT2D eigenvalue weighted by Crippen LogP contribution is -2.40. The summed E-state index contributed by atoms with van der Waals surface area (Å²) < 4.78 is 39.3. The van der Waals surface area contributed by atoms with E-state index >= 15 is 0 Å². The number of ether oxygens (including phenoxy) is 2. The molecule has 2 heterocycles. The molecule has 1 aromatic carbocycles. The third-order valence-electron chi connectivity index (χ3n) is 3.99. The fourth-order valence-corrected chi connectivity index (χ4v) is 4.71. The van der Waals surface area contributed by atoms with E-state index in [0.717, 1.165) is 5.56 Å². The Kier molecular flexibility index (Phi) is 5.77. The van der Waals surface area contributed by atoms with E-state index in [9.17, 15) is 8.42 Å². The molecule has 0 spiro atoms. The average molecular weight is 408 g/mol. The van der Waals surface area contributed by atoms with Crippen molar-refractivity contribution in [2.24, 2.45) is 0 Å². The molecule has 138 valence electrons. The number of aromatic amines is 1. The van der Waals surface area contributed by atoms with Crippen molar-refractivity contribution < 1.29 is 17.9 Å². The van der Waals surface area contributed by atoms with Gasteiger partial charge in [0.05, 0.1) is 34.5 Å². The molecule has 0 atom stereocenters. The summed E-state index contributed by atoms with van der Waals surface area (Å²) in [5, 5.41) is 1.56. The first-order valence-corrected chi connectivity index (χ1v) is 9.96. The number of aromatic nitrogens is 1. The largest absolute Gasteiger partial charge is 0.382 e. The standard InChI is InChI=1S/C15H19Cl2N3O4S/c1-23-5-6-24-4-2-3-20-9-10-7-11(16)13-12(17)8-18-15(13)14(10)19-25(20,21)22/h7-8,18-19H,2-6,9H2,1H3. The summed E-state index contributed by atoms with van der Waals surface area (Å²) in [7, 11) is -2.03. The van der Waals surface area contributed by atoms with E-state index in [4.69, 9.17) is 32.7 Å². The second-order valence-electron chi connectivity index (χ2n) is 5.68. The Morgan fingerprint density at radius 3 is 2.80 bits per heavy atom. The van der Waals surface area contributed by atoms with Crippen molar-refractivity contribution in [3.8, 4) is 0 Å². The van der Waals surface area contributed by atoms with E-state index < -0.39 is 10.2 Å². The van der Waals surface area contributed by atoms with Crippen LogP contribution in [0.1, 0.15) is 12.0 Å². The Hall–Kier alpha value is -1.03. The quantitative estimate of drug-likeness (QED) is 0.690. The number of methoxy groups -OCH3 is 1. The lowest BCUT2D eigenvalue weighted by Gasteiger charge is -2.29. The maximum atomic E-state index is 12.5. The topological polar surface area (TPSA) is 83.7 Å². The fourth-order valence-electron chi connectivity index (χ4n) is 2.78. The number of hydrogen-bond acceptors (Lipinski definition) is 4. The van der Waals surface area contributed by atoms with Gasteiger partial charge in [0.1, 0.15) is 0 Å². The van der Waals surface area contributed by atoms with Gasteiger partial charge in [0.2, 0.25) is 0 Å². The molecule has 0 unspecified atom stereocenters. The van der Waals surface area contributed by atoms with Gasteiger partial charge >= 0.3 is 10.2 Å². The predicted octanol–water partition coefficient (Wildman–Crippen LogP) is 3.00. The van der Waals surface area contributed by atoms with Crippen LogP contribution in [0.15, 0.2) is 12.3 Å². The van der Waals surface area contributed by atoms with E-state index in [2.05, 4.69) is 9.71 Å². The van der Waals surface area contributed by atoms with Crippen LogP contribution in [0, 0.1) is 0 Å². The zero-order valence-electron chi connectivity index (χ0n) is 13.6. The van der Waals surface area contributed by atoms with Crippen molar-refractivity contribution in [3.05, 3.63) is 27.9 Å². The first-order chi connectivity index (χ1) is 11.9. The van der Waals surface area contributed by atoms with E-state index in [1.54, 1.807) is 19.4 Å². The predicted molar refractivity (Wildman–Crippen MR) is 98.6 cm³/mol. The van der Waals surface area contributed by atoms with Gasteiger partial charge in [-0.1, -0.05) is 23.2 Å². The van der Waals surface area contributed by atoms with Crippen LogP contribution in [0.5, 0.6) is 0 Å². The van der Waals surface area contributed by atoms with Gasteiger partial charge in [0.15, 0.2) is 0 Å². The smallest absolute Gasteiger partial charge is 0.302 e. The Morgan fingerprint density at radius 1 is 1.24 bits per heavy atom. The van der Waals surface area contributed by atoms with Crippen molar-refractivity contribution in [3.63, 3.8) is 0 Å². The van der Waals surface area contributed by atoms with Crippen molar-refractivity contribution >= 4 is 50.0 Å². The minimum atomic E-state index is -3.63. The van der Waals surface area contributed by atoms with Crippen LogP contribution in [-0.2, 0) is 26.2 Å². The number of nitrogens with one attached hydrogen (secondary N) is 2. The van der Waals surface area contributed by atoms with Gasteiger partial charge in [0, 0.05) is 38.4 Å². The molecule has 0 fully saturated rings. The molecule has 2 N–H and O–H groups in total. The monoisotopic (exact) mass is 407 g/mol. The van der Waals surface area contributed by atoms with Crippen LogP contribution in [0.4, 0.5) is 5.69 Å². The molecular formula is C15H19Cl2N3O4S. The summed E-state index contributed by atoms with van der Waals surface area (Å²) in [5.41, 5.74) is 1.89. The Balaban J connectivity index is 1.76. The number of anilines is 1. The lowest BCUT2D eigenvalue weighted by molar-refractivity contribution is 0.0676. The second kappa shape index (κ2) is 7.69. The molecule has 0 bridgehead atoms. The molecule has 0 amide bonds. The van der Waals surface area contributed by atoms with Crippen LogP contribution < -0.4 is 4.72 Å². The highest BCUT2D eigenvalue weighted by molar-refractivity contribution is 7.90. The molecule has 10 heteroatoms. The SMILES string of the molecule is COCCOCCCN1Cc2cc(Cl)c3c(Cl)c[nH]c3c2NS1(=O)=O. The van der Waals surface area contributed by atoms with Crippen molar-refractivity contribution in [1.29, 1.82) is 0 Å². The van der Waals surface area contributed by atoms with Gasteiger partial charge in [-0.15, -0.1) is 0 Å². The summed E-state index contributed by atoms with van der Waals surface area (Å²) in [4.78, 5) is 2.99. The maximum absolute atomic E-state index is 12.5. The molecule has 0 aliphatic carbocycles. The number of rotatable bonds is 7. The lowest BCUT2D eigenvalue weighted by atomic mass is 10.1. The molecule has 25 heavy (non-hydrogen) atoms. The van der Waals surface area contributed by atoms with Crippen molar-refractivity contribution in [2.75, 3.05) is 38.2 Å². The Bertz CT molecular complexity index is 869. The average Bonchev–Trinajstić information content (AvgIpc) is 2.94. The molecule has 1 aromatic heterocycles. The van der Waals surface area contributed by atoms with Gasteiger partial charge in [-0.2, -0.15) is 12.7 Å². The minimum absolute atomic E-state index is 0.245. The molecular weight excluding hydrogens is 389 g/mol. The molecule has 2 aromatic rings. The zero-order valence-corrected chi connectivity index (χ0v) is 16.0. The molecule has 7 nitrogen and oxygen atoms in total. The summed E-state index contributed by atoms with van der Waals surface area (Å²) in [5.74, 6) is 0. The van der Waals surface area contributed by atoms with E-state index in [-0.39, 0.29) is 6.54 Å². The summed E-state index contributed by atoms with van der Waals surface area (Å²) in [6, 6.07) is 1.75. The first-order valence-electron chi connectivity index (χ1n) is 7.76. The van der Waals surface area contributed by atoms with Crippen LogP contribution in [-0.4, -0.2) is 51.2 Å². The van der Waals surface area contributed by atoms with Crippen LogP contribution >= 0.6 is 23.2 Å².